The van der Waals surface area contributed by atoms with E-state index in [1.54, 1.807) is 0 Å². The molecule has 0 aromatic heterocycles. The molecule has 1 aromatic rings. The summed E-state index contributed by atoms with van der Waals surface area (Å²) in [6, 6.07) is 5.92. The van der Waals surface area contributed by atoms with Gasteiger partial charge in [-0.05, 0) is 60.3 Å². The Morgan fingerprint density at radius 3 is 2.53 bits per heavy atom. The summed E-state index contributed by atoms with van der Waals surface area (Å²) >= 11 is 3.46. The van der Waals surface area contributed by atoms with Gasteiger partial charge in [-0.15, -0.1) is 0 Å². The zero-order valence-corrected chi connectivity index (χ0v) is 13.3. The van der Waals surface area contributed by atoms with E-state index in [9.17, 15) is 4.79 Å². The number of nitrogens with one attached hydrogen (secondary N) is 1. The Hall–Kier alpha value is -0.870. The first-order valence-corrected chi connectivity index (χ1v) is 7.42. The van der Waals surface area contributed by atoms with E-state index in [1.807, 2.05) is 39.0 Å². The molecular weight excluding hydrogens is 306 g/mol. The monoisotopic (exact) mass is 325 g/mol. The second-order valence-electron chi connectivity index (χ2n) is 5.40. The van der Waals surface area contributed by atoms with Crippen LogP contribution in [0.5, 0.6) is 0 Å². The Kier molecular flexibility index (Phi) is 4.31. The van der Waals surface area contributed by atoms with Gasteiger partial charge in [0.1, 0.15) is 0 Å². The quantitative estimate of drug-likeness (QED) is 0.899. The van der Waals surface area contributed by atoms with Crippen LogP contribution in [0.15, 0.2) is 22.7 Å². The number of halogens is 1. The fourth-order valence-corrected chi connectivity index (χ4v) is 3.02. The van der Waals surface area contributed by atoms with Gasteiger partial charge in [-0.25, -0.2) is 0 Å². The SMILES string of the molecule is Cc1ccc(Br)c(NC(=O)C2C(C)OC(C)C2C)c1. The van der Waals surface area contributed by atoms with E-state index in [-0.39, 0.29) is 30.0 Å². The molecule has 1 amide bonds. The smallest absolute Gasteiger partial charge is 0.230 e. The highest BCUT2D eigenvalue weighted by molar-refractivity contribution is 9.10. The Bertz CT molecular complexity index is 489. The number of carbonyl (C=O) groups excluding carboxylic acids is 1. The van der Waals surface area contributed by atoms with Crippen molar-refractivity contribution < 1.29 is 9.53 Å². The fourth-order valence-electron chi connectivity index (χ4n) is 2.67. The van der Waals surface area contributed by atoms with Crippen LogP contribution in [0, 0.1) is 18.8 Å². The fraction of sp³-hybridized carbons (Fsp3) is 0.533. The number of rotatable bonds is 2. The Morgan fingerprint density at radius 2 is 1.95 bits per heavy atom. The first-order chi connectivity index (χ1) is 8.90. The number of amides is 1. The lowest BCUT2D eigenvalue weighted by Crippen LogP contribution is -2.32. The molecule has 104 valence electrons. The third-order valence-electron chi connectivity index (χ3n) is 3.92. The summed E-state index contributed by atoms with van der Waals surface area (Å²) in [7, 11) is 0. The highest BCUT2D eigenvalue weighted by Gasteiger charge is 2.41. The summed E-state index contributed by atoms with van der Waals surface area (Å²) < 4.78 is 6.63. The maximum Gasteiger partial charge on any atom is 0.230 e. The molecule has 0 saturated carbocycles. The molecule has 0 bridgehead atoms. The van der Waals surface area contributed by atoms with Gasteiger partial charge in [0.15, 0.2) is 0 Å². The molecule has 4 heteroatoms. The molecule has 1 aliphatic heterocycles. The molecule has 1 heterocycles. The molecule has 4 atom stereocenters. The molecule has 3 nitrogen and oxygen atoms in total. The van der Waals surface area contributed by atoms with Crippen molar-refractivity contribution in [1.29, 1.82) is 0 Å². The van der Waals surface area contributed by atoms with E-state index >= 15 is 0 Å². The predicted molar refractivity (Wildman–Crippen MR) is 80.2 cm³/mol. The lowest BCUT2D eigenvalue weighted by molar-refractivity contribution is -0.121. The Balaban J connectivity index is 2.15. The van der Waals surface area contributed by atoms with Gasteiger partial charge in [-0.2, -0.15) is 0 Å². The Labute approximate surface area is 122 Å². The average molecular weight is 326 g/mol. The van der Waals surface area contributed by atoms with Gasteiger partial charge in [0.05, 0.1) is 23.8 Å². The van der Waals surface area contributed by atoms with E-state index in [4.69, 9.17) is 4.74 Å². The van der Waals surface area contributed by atoms with E-state index in [2.05, 4.69) is 28.2 Å². The van der Waals surface area contributed by atoms with Crippen molar-refractivity contribution in [3.05, 3.63) is 28.2 Å². The lowest BCUT2D eigenvalue weighted by Gasteiger charge is -2.18. The molecule has 4 unspecified atom stereocenters. The summed E-state index contributed by atoms with van der Waals surface area (Å²) in [4.78, 5) is 12.4. The maximum atomic E-state index is 12.4. The van der Waals surface area contributed by atoms with Gasteiger partial charge >= 0.3 is 0 Å². The first-order valence-electron chi connectivity index (χ1n) is 6.62. The van der Waals surface area contributed by atoms with Crippen LogP contribution in [-0.4, -0.2) is 18.1 Å². The van der Waals surface area contributed by atoms with Crippen LogP contribution in [0.25, 0.3) is 0 Å². The standard InChI is InChI=1S/C15H20BrNO2/c1-8-5-6-12(16)13(7-8)17-15(18)14-9(2)10(3)19-11(14)4/h5-7,9-11,14H,1-4H3,(H,17,18). The molecule has 1 aliphatic rings. The van der Waals surface area contributed by atoms with Gasteiger partial charge < -0.3 is 10.1 Å². The van der Waals surface area contributed by atoms with Crippen molar-refractivity contribution in [3.63, 3.8) is 0 Å². The van der Waals surface area contributed by atoms with Crippen LogP contribution < -0.4 is 5.32 Å². The summed E-state index contributed by atoms with van der Waals surface area (Å²) in [5.74, 6) is 0.177. The minimum Gasteiger partial charge on any atom is -0.374 e. The number of aryl methyl sites for hydroxylation is 1. The second kappa shape index (κ2) is 5.63. The molecule has 0 aliphatic carbocycles. The normalized spacial score (nSPS) is 30.4. The zero-order valence-electron chi connectivity index (χ0n) is 11.7. The minimum atomic E-state index is -0.0950. The van der Waals surface area contributed by atoms with Crippen LogP contribution in [0.1, 0.15) is 26.3 Å². The summed E-state index contributed by atoms with van der Waals surface area (Å²) in [5.41, 5.74) is 1.94. The molecule has 19 heavy (non-hydrogen) atoms. The molecular formula is C15H20BrNO2. The molecule has 1 aromatic carbocycles. The van der Waals surface area contributed by atoms with Crippen LogP contribution in [0.2, 0.25) is 0 Å². The van der Waals surface area contributed by atoms with Crippen molar-refractivity contribution >= 4 is 27.5 Å². The van der Waals surface area contributed by atoms with Crippen LogP contribution in [-0.2, 0) is 9.53 Å². The van der Waals surface area contributed by atoms with Crippen LogP contribution >= 0.6 is 15.9 Å². The van der Waals surface area contributed by atoms with Gasteiger partial charge in [0.25, 0.3) is 0 Å². The van der Waals surface area contributed by atoms with Crippen molar-refractivity contribution in [2.24, 2.45) is 11.8 Å². The third-order valence-corrected chi connectivity index (χ3v) is 4.62. The van der Waals surface area contributed by atoms with E-state index in [1.165, 1.54) is 0 Å². The zero-order chi connectivity index (χ0) is 14.2. The number of hydrogen-bond acceptors (Lipinski definition) is 2. The van der Waals surface area contributed by atoms with Crippen LogP contribution in [0.4, 0.5) is 5.69 Å². The van der Waals surface area contributed by atoms with Gasteiger partial charge in [-0.1, -0.05) is 13.0 Å². The number of anilines is 1. The van der Waals surface area contributed by atoms with E-state index < -0.39 is 0 Å². The summed E-state index contributed by atoms with van der Waals surface area (Å²) in [5, 5.41) is 3.01. The van der Waals surface area contributed by atoms with Gasteiger partial charge in [-0.3, -0.25) is 4.79 Å². The first kappa shape index (κ1) is 14.5. The minimum absolute atomic E-state index is 0.0337. The molecule has 1 fully saturated rings. The molecule has 0 spiro atoms. The third kappa shape index (κ3) is 3.00. The van der Waals surface area contributed by atoms with E-state index in [0.29, 0.717) is 0 Å². The van der Waals surface area contributed by atoms with Crippen molar-refractivity contribution in [2.45, 2.75) is 39.9 Å². The van der Waals surface area contributed by atoms with Gasteiger partial charge in [0.2, 0.25) is 5.91 Å². The molecule has 2 rings (SSSR count). The van der Waals surface area contributed by atoms with Crippen molar-refractivity contribution in [2.75, 3.05) is 5.32 Å². The summed E-state index contributed by atoms with van der Waals surface area (Å²) in [6.07, 6.45) is 0.0975. The molecule has 1 saturated heterocycles. The highest BCUT2D eigenvalue weighted by Crippen LogP contribution is 2.33. The molecule has 1 N–H and O–H groups in total. The Morgan fingerprint density at radius 1 is 1.26 bits per heavy atom. The highest BCUT2D eigenvalue weighted by atomic mass is 79.9. The number of benzene rings is 1. The van der Waals surface area contributed by atoms with Crippen molar-refractivity contribution in [1.82, 2.24) is 0 Å². The average Bonchev–Trinajstić information content (AvgIpc) is 2.58. The summed E-state index contributed by atoms with van der Waals surface area (Å²) in [6.45, 7) is 8.07. The largest absolute Gasteiger partial charge is 0.374 e. The lowest BCUT2D eigenvalue weighted by atomic mass is 9.89. The van der Waals surface area contributed by atoms with Gasteiger partial charge in [0, 0.05) is 4.47 Å². The molecule has 0 radical (unpaired) electrons. The maximum absolute atomic E-state index is 12.4. The van der Waals surface area contributed by atoms with Crippen molar-refractivity contribution in [3.8, 4) is 0 Å². The number of ether oxygens (including phenoxy) is 1. The topological polar surface area (TPSA) is 38.3 Å². The number of hydrogen-bond donors (Lipinski definition) is 1. The van der Waals surface area contributed by atoms with E-state index in [0.717, 1.165) is 15.7 Å². The second-order valence-corrected chi connectivity index (χ2v) is 6.26. The van der Waals surface area contributed by atoms with Crippen LogP contribution in [0.3, 0.4) is 0 Å². The number of carbonyl (C=O) groups is 1. The predicted octanol–water partition coefficient (Wildman–Crippen LogP) is 3.76.